The first-order valence-corrected chi connectivity index (χ1v) is 7.73. The molecule has 1 aliphatic heterocycles. The van der Waals surface area contributed by atoms with Gasteiger partial charge in [0.1, 0.15) is 5.82 Å². The molecule has 1 fully saturated rings. The topological polar surface area (TPSA) is 57.6 Å². The van der Waals surface area contributed by atoms with E-state index in [0.717, 1.165) is 12.1 Å². The third kappa shape index (κ3) is 3.32. The zero-order valence-electron chi connectivity index (χ0n) is 10.8. The zero-order chi connectivity index (χ0) is 14.1. The van der Waals surface area contributed by atoms with Crippen LogP contribution in [0.4, 0.5) is 4.39 Å². The molecule has 1 aliphatic rings. The second-order valence-electron chi connectivity index (χ2n) is 5.21. The molecule has 0 saturated carbocycles. The van der Waals surface area contributed by atoms with Gasteiger partial charge in [-0.15, -0.1) is 0 Å². The molecule has 0 amide bonds. The molecule has 6 heteroatoms. The van der Waals surface area contributed by atoms with Crippen LogP contribution in [0, 0.1) is 5.82 Å². The Morgan fingerprint density at radius 2 is 1.84 bits per heavy atom. The van der Waals surface area contributed by atoms with E-state index >= 15 is 0 Å². The first-order valence-electron chi connectivity index (χ1n) is 6.29. The smallest absolute Gasteiger partial charge is 0.243 e. The Labute approximate surface area is 112 Å². The fourth-order valence-electron chi connectivity index (χ4n) is 2.23. The van der Waals surface area contributed by atoms with Gasteiger partial charge in [0.05, 0.1) is 10.5 Å². The van der Waals surface area contributed by atoms with Crippen LogP contribution in [0.15, 0.2) is 29.2 Å². The van der Waals surface area contributed by atoms with Crippen LogP contribution < -0.4 is 0 Å². The second-order valence-corrected chi connectivity index (χ2v) is 7.15. The lowest BCUT2D eigenvalue weighted by molar-refractivity contribution is 0.0465. The number of hydrogen-bond acceptors (Lipinski definition) is 3. The van der Waals surface area contributed by atoms with Crippen molar-refractivity contribution >= 4 is 10.0 Å². The molecule has 106 valence electrons. The van der Waals surface area contributed by atoms with Crippen molar-refractivity contribution in [3.63, 3.8) is 0 Å². The van der Waals surface area contributed by atoms with Gasteiger partial charge in [0.2, 0.25) is 10.0 Å². The summed E-state index contributed by atoms with van der Waals surface area (Å²) in [6, 6.07) is 4.82. The van der Waals surface area contributed by atoms with Crippen molar-refractivity contribution in [3.8, 4) is 0 Å². The van der Waals surface area contributed by atoms with Crippen LogP contribution in [0.1, 0.15) is 26.2 Å². The maximum Gasteiger partial charge on any atom is 0.243 e. The minimum absolute atomic E-state index is 0.0930. The SMILES string of the molecule is CC1(O)CCCN(S(=O)(=O)c2ccc(F)cc2)CC1. The van der Waals surface area contributed by atoms with E-state index in [-0.39, 0.29) is 11.4 Å². The molecule has 0 aliphatic carbocycles. The number of hydrogen-bond donors (Lipinski definition) is 1. The number of rotatable bonds is 2. The first kappa shape index (κ1) is 14.4. The number of halogens is 1. The number of aliphatic hydroxyl groups is 1. The Kier molecular flexibility index (Phi) is 3.94. The van der Waals surface area contributed by atoms with E-state index in [4.69, 9.17) is 0 Å². The average molecular weight is 287 g/mol. The Morgan fingerprint density at radius 3 is 2.47 bits per heavy atom. The molecule has 1 atom stereocenters. The van der Waals surface area contributed by atoms with E-state index in [1.807, 2.05) is 0 Å². The summed E-state index contributed by atoms with van der Waals surface area (Å²) in [7, 11) is -3.60. The van der Waals surface area contributed by atoms with E-state index in [1.54, 1.807) is 6.92 Å². The van der Waals surface area contributed by atoms with E-state index < -0.39 is 21.4 Å². The van der Waals surface area contributed by atoms with Crippen LogP contribution >= 0.6 is 0 Å². The summed E-state index contributed by atoms with van der Waals surface area (Å²) in [6.45, 7) is 2.39. The predicted molar refractivity (Wildman–Crippen MR) is 69.6 cm³/mol. The molecule has 1 heterocycles. The molecule has 19 heavy (non-hydrogen) atoms. The fraction of sp³-hybridized carbons (Fsp3) is 0.538. The van der Waals surface area contributed by atoms with Gasteiger partial charge >= 0.3 is 0 Å². The molecule has 1 N–H and O–H groups in total. The summed E-state index contributed by atoms with van der Waals surface area (Å²) < 4.78 is 39.0. The normalized spacial score (nSPS) is 26.1. The van der Waals surface area contributed by atoms with Crippen molar-refractivity contribution in [1.82, 2.24) is 4.31 Å². The van der Waals surface area contributed by atoms with Gasteiger partial charge in [-0.1, -0.05) is 0 Å². The van der Waals surface area contributed by atoms with Crippen LogP contribution in [0.3, 0.4) is 0 Å². The molecular formula is C13H18FNO3S. The van der Waals surface area contributed by atoms with Gasteiger partial charge in [0.25, 0.3) is 0 Å². The largest absolute Gasteiger partial charge is 0.390 e. The highest BCUT2D eigenvalue weighted by molar-refractivity contribution is 7.89. The Morgan fingerprint density at radius 1 is 1.21 bits per heavy atom. The summed E-state index contributed by atoms with van der Waals surface area (Å²) in [5, 5.41) is 9.97. The van der Waals surface area contributed by atoms with Crippen molar-refractivity contribution in [2.24, 2.45) is 0 Å². The standard InChI is InChI=1S/C13H18FNO3S/c1-13(16)7-2-9-15(10-8-13)19(17,18)12-5-3-11(14)4-6-12/h3-6,16H,2,7-10H2,1H3. The predicted octanol–water partition coefficient (Wildman–Crippen LogP) is 1.75. The molecule has 0 aromatic heterocycles. The van der Waals surface area contributed by atoms with Crippen LogP contribution in [0.2, 0.25) is 0 Å². The second kappa shape index (κ2) is 5.19. The van der Waals surface area contributed by atoms with E-state index in [0.29, 0.717) is 25.8 Å². The molecule has 2 rings (SSSR count). The first-order chi connectivity index (χ1) is 8.81. The molecule has 1 unspecified atom stereocenters. The Bertz CT molecular complexity index is 540. The van der Waals surface area contributed by atoms with Gasteiger partial charge in [-0.05, 0) is 50.5 Å². The van der Waals surface area contributed by atoms with E-state index in [2.05, 4.69) is 0 Å². The van der Waals surface area contributed by atoms with Gasteiger partial charge in [-0.3, -0.25) is 0 Å². The Hall–Kier alpha value is -0.980. The number of nitrogens with zero attached hydrogens (tertiary/aromatic N) is 1. The average Bonchev–Trinajstić information content (AvgIpc) is 2.51. The zero-order valence-corrected chi connectivity index (χ0v) is 11.7. The Balaban J connectivity index is 2.22. The van der Waals surface area contributed by atoms with Gasteiger partial charge in [-0.25, -0.2) is 12.8 Å². The molecule has 0 radical (unpaired) electrons. The molecule has 1 aromatic carbocycles. The van der Waals surface area contributed by atoms with Crippen molar-refractivity contribution in [2.45, 2.75) is 36.7 Å². The molecule has 4 nitrogen and oxygen atoms in total. The molecule has 1 saturated heterocycles. The minimum atomic E-state index is -3.60. The van der Waals surface area contributed by atoms with Gasteiger partial charge in [0, 0.05) is 13.1 Å². The van der Waals surface area contributed by atoms with Crippen molar-refractivity contribution in [1.29, 1.82) is 0 Å². The summed E-state index contributed by atoms with van der Waals surface area (Å²) in [6.07, 6.45) is 1.61. The van der Waals surface area contributed by atoms with Crippen molar-refractivity contribution < 1.29 is 17.9 Å². The van der Waals surface area contributed by atoms with Gasteiger partial charge < -0.3 is 5.11 Å². The monoisotopic (exact) mass is 287 g/mol. The maximum absolute atomic E-state index is 12.8. The highest BCUT2D eigenvalue weighted by atomic mass is 32.2. The molecule has 0 bridgehead atoms. The highest BCUT2D eigenvalue weighted by Crippen LogP contribution is 2.25. The fourth-order valence-corrected chi connectivity index (χ4v) is 3.71. The molecule has 0 spiro atoms. The van der Waals surface area contributed by atoms with Crippen LogP contribution in [0.25, 0.3) is 0 Å². The molecular weight excluding hydrogens is 269 g/mol. The number of sulfonamides is 1. The minimum Gasteiger partial charge on any atom is -0.390 e. The van der Waals surface area contributed by atoms with Gasteiger partial charge in [0.15, 0.2) is 0 Å². The third-order valence-corrected chi connectivity index (χ3v) is 5.39. The lowest BCUT2D eigenvalue weighted by Gasteiger charge is -2.22. The van der Waals surface area contributed by atoms with Gasteiger partial charge in [-0.2, -0.15) is 4.31 Å². The lowest BCUT2D eigenvalue weighted by atomic mass is 9.98. The van der Waals surface area contributed by atoms with Crippen LogP contribution in [0.5, 0.6) is 0 Å². The quantitative estimate of drug-likeness (QED) is 0.901. The third-order valence-electron chi connectivity index (χ3n) is 3.47. The van der Waals surface area contributed by atoms with E-state index in [9.17, 15) is 17.9 Å². The van der Waals surface area contributed by atoms with Crippen molar-refractivity contribution in [2.75, 3.05) is 13.1 Å². The van der Waals surface area contributed by atoms with Crippen LogP contribution in [-0.2, 0) is 10.0 Å². The highest BCUT2D eigenvalue weighted by Gasteiger charge is 2.31. The van der Waals surface area contributed by atoms with Crippen LogP contribution in [-0.4, -0.2) is 36.5 Å². The molecule has 1 aromatic rings. The summed E-state index contributed by atoms with van der Waals surface area (Å²) >= 11 is 0. The van der Waals surface area contributed by atoms with Crippen molar-refractivity contribution in [3.05, 3.63) is 30.1 Å². The lowest BCUT2D eigenvalue weighted by Crippen LogP contribution is -2.33. The summed E-state index contributed by atoms with van der Waals surface area (Å²) in [5.41, 5.74) is -0.812. The number of benzene rings is 1. The summed E-state index contributed by atoms with van der Waals surface area (Å²) in [4.78, 5) is 0.0930. The maximum atomic E-state index is 12.8. The summed E-state index contributed by atoms with van der Waals surface area (Å²) in [5.74, 6) is -0.460. The van der Waals surface area contributed by atoms with E-state index in [1.165, 1.54) is 16.4 Å².